The summed E-state index contributed by atoms with van der Waals surface area (Å²) in [5, 5.41) is -0.113. The van der Waals surface area contributed by atoms with Crippen LogP contribution in [0.1, 0.15) is 57.3 Å². The molecular weight excluding hydrogens is 272 g/mol. The third-order valence-electron chi connectivity index (χ3n) is 3.74. The van der Waals surface area contributed by atoms with Crippen LogP contribution in [-0.4, -0.2) is 16.7 Å². The molecule has 2 aromatic rings. The van der Waals surface area contributed by atoms with E-state index in [0.29, 0.717) is 6.04 Å². The van der Waals surface area contributed by atoms with Gasteiger partial charge in [0.05, 0.1) is 18.0 Å². The number of methoxy groups -OCH3 is 1. The SMILES string of the molecule is CCCC(CC)n1c(C(C)Cl)nc2c(OC)cccc21. The van der Waals surface area contributed by atoms with Crippen LogP contribution in [0.15, 0.2) is 18.2 Å². The van der Waals surface area contributed by atoms with E-state index in [2.05, 4.69) is 24.5 Å². The first kappa shape index (κ1) is 15.2. The molecule has 0 aliphatic rings. The third kappa shape index (κ3) is 2.64. The van der Waals surface area contributed by atoms with Gasteiger partial charge < -0.3 is 9.30 Å². The average molecular weight is 295 g/mol. The van der Waals surface area contributed by atoms with Gasteiger partial charge in [0.25, 0.3) is 0 Å². The normalized spacial score (nSPS) is 14.4. The first-order chi connectivity index (χ1) is 9.63. The Morgan fingerprint density at radius 1 is 1.35 bits per heavy atom. The lowest BCUT2D eigenvalue weighted by atomic mass is 10.1. The number of para-hydroxylation sites is 1. The van der Waals surface area contributed by atoms with E-state index in [-0.39, 0.29) is 5.38 Å². The Labute approximate surface area is 125 Å². The highest BCUT2D eigenvalue weighted by atomic mass is 35.5. The summed E-state index contributed by atoms with van der Waals surface area (Å²) in [7, 11) is 1.68. The summed E-state index contributed by atoms with van der Waals surface area (Å²) in [6.07, 6.45) is 3.36. The molecule has 0 aliphatic carbocycles. The molecule has 0 N–H and O–H groups in total. The van der Waals surface area contributed by atoms with Crippen LogP contribution in [0.3, 0.4) is 0 Å². The molecule has 1 aromatic carbocycles. The van der Waals surface area contributed by atoms with Crippen molar-refractivity contribution in [2.24, 2.45) is 0 Å². The molecule has 4 heteroatoms. The van der Waals surface area contributed by atoms with Crippen molar-refractivity contribution < 1.29 is 4.74 Å². The van der Waals surface area contributed by atoms with E-state index >= 15 is 0 Å². The predicted molar refractivity (Wildman–Crippen MR) is 84.8 cm³/mol. The van der Waals surface area contributed by atoms with Gasteiger partial charge in [-0.2, -0.15) is 0 Å². The summed E-state index contributed by atoms with van der Waals surface area (Å²) in [6.45, 7) is 6.41. The number of ether oxygens (including phenoxy) is 1. The molecule has 0 bridgehead atoms. The second-order valence-corrected chi connectivity index (χ2v) is 5.79. The maximum absolute atomic E-state index is 6.35. The maximum atomic E-state index is 6.35. The molecule has 3 nitrogen and oxygen atoms in total. The number of benzene rings is 1. The largest absolute Gasteiger partial charge is 0.494 e. The van der Waals surface area contributed by atoms with Crippen LogP contribution in [0.4, 0.5) is 0 Å². The molecule has 0 spiro atoms. The molecule has 20 heavy (non-hydrogen) atoms. The topological polar surface area (TPSA) is 27.1 Å². The number of hydrogen-bond donors (Lipinski definition) is 0. The van der Waals surface area contributed by atoms with Gasteiger partial charge in [-0.25, -0.2) is 4.98 Å². The van der Waals surface area contributed by atoms with Crippen LogP contribution in [0, 0.1) is 0 Å². The molecule has 110 valence electrons. The number of aromatic nitrogens is 2. The highest BCUT2D eigenvalue weighted by Gasteiger charge is 2.21. The lowest BCUT2D eigenvalue weighted by molar-refractivity contribution is 0.419. The van der Waals surface area contributed by atoms with E-state index in [9.17, 15) is 0 Å². The third-order valence-corrected chi connectivity index (χ3v) is 3.94. The van der Waals surface area contributed by atoms with Gasteiger partial charge in [-0.05, 0) is 31.9 Å². The van der Waals surface area contributed by atoms with Gasteiger partial charge in [-0.1, -0.05) is 26.3 Å². The number of fused-ring (bicyclic) bond motifs is 1. The van der Waals surface area contributed by atoms with E-state index in [1.165, 1.54) is 0 Å². The van der Waals surface area contributed by atoms with Crippen LogP contribution in [-0.2, 0) is 0 Å². The molecule has 0 aliphatic heterocycles. The first-order valence-corrected chi connectivity index (χ1v) is 7.76. The molecule has 1 heterocycles. The number of nitrogens with zero attached hydrogens (tertiary/aromatic N) is 2. The Bertz CT molecular complexity index is 577. The fraction of sp³-hybridized carbons (Fsp3) is 0.562. The van der Waals surface area contributed by atoms with E-state index in [1.54, 1.807) is 7.11 Å². The molecule has 0 saturated heterocycles. The number of alkyl halides is 1. The van der Waals surface area contributed by atoms with Crippen molar-refractivity contribution in [3.63, 3.8) is 0 Å². The lowest BCUT2D eigenvalue weighted by Crippen LogP contribution is -2.12. The summed E-state index contributed by atoms with van der Waals surface area (Å²) in [4.78, 5) is 4.74. The van der Waals surface area contributed by atoms with Crippen LogP contribution < -0.4 is 4.74 Å². The van der Waals surface area contributed by atoms with Gasteiger partial charge >= 0.3 is 0 Å². The Hall–Kier alpha value is -1.22. The molecule has 2 atom stereocenters. The smallest absolute Gasteiger partial charge is 0.146 e. The molecule has 1 aromatic heterocycles. The second kappa shape index (κ2) is 6.49. The molecular formula is C16H23ClN2O. The van der Waals surface area contributed by atoms with Crippen molar-refractivity contribution in [1.29, 1.82) is 0 Å². The average Bonchev–Trinajstić information content (AvgIpc) is 2.84. The second-order valence-electron chi connectivity index (χ2n) is 5.13. The zero-order valence-electron chi connectivity index (χ0n) is 12.7. The Morgan fingerprint density at radius 2 is 2.10 bits per heavy atom. The summed E-state index contributed by atoms with van der Waals surface area (Å²) in [6, 6.07) is 6.50. The number of imidazole rings is 1. The Balaban J connectivity index is 2.68. The summed E-state index contributed by atoms with van der Waals surface area (Å²) < 4.78 is 7.73. The molecule has 0 amide bonds. The van der Waals surface area contributed by atoms with Gasteiger partial charge in [0.1, 0.15) is 17.1 Å². The molecule has 0 fully saturated rings. The van der Waals surface area contributed by atoms with E-state index < -0.39 is 0 Å². The zero-order chi connectivity index (χ0) is 14.7. The van der Waals surface area contributed by atoms with Crippen molar-refractivity contribution in [2.45, 2.75) is 51.5 Å². The van der Waals surface area contributed by atoms with Crippen molar-refractivity contribution in [1.82, 2.24) is 9.55 Å². The van der Waals surface area contributed by atoms with Gasteiger partial charge in [0, 0.05) is 6.04 Å². The fourth-order valence-electron chi connectivity index (χ4n) is 2.79. The molecule has 0 radical (unpaired) electrons. The Kier molecular flexibility index (Phi) is 4.92. The number of hydrogen-bond acceptors (Lipinski definition) is 2. The first-order valence-electron chi connectivity index (χ1n) is 7.32. The minimum Gasteiger partial charge on any atom is -0.494 e. The number of halogens is 1. The van der Waals surface area contributed by atoms with E-state index in [4.69, 9.17) is 21.3 Å². The zero-order valence-corrected chi connectivity index (χ0v) is 13.4. The predicted octanol–water partition coefficient (Wildman–Crippen LogP) is 5.10. The fourth-order valence-corrected chi connectivity index (χ4v) is 2.94. The monoisotopic (exact) mass is 294 g/mol. The molecule has 2 rings (SSSR count). The van der Waals surface area contributed by atoms with Crippen molar-refractivity contribution >= 4 is 22.6 Å². The van der Waals surface area contributed by atoms with Gasteiger partial charge in [0.2, 0.25) is 0 Å². The maximum Gasteiger partial charge on any atom is 0.146 e. The molecule has 0 saturated carbocycles. The quantitative estimate of drug-likeness (QED) is 0.693. The van der Waals surface area contributed by atoms with Crippen LogP contribution in [0.5, 0.6) is 5.75 Å². The number of rotatable bonds is 6. The van der Waals surface area contributed by atoms with Crippen LogP contribution in [0.2, 0.25) is 0 Å². The summed E-state index contributed by atoms with van der Waals surface area (Å²) >= 11 is 6.35. The summed E-state index contributed by atoms with van der Waals surface area (Å²) in [5.74, 6) is 1.75. The molecule has 2 unspecified atom stereocenters. The summed E-state index contributed by atoms with van der Waals surface area (Å²) in [5.41, 5.74) is 2.03. The van der Waals surface area contributed by atoms with Gasteiger partial charge in [-0.3, -0.25) is 0 Å². The lowest BCUT2D eigenvalue weighted by Gasteiger charge is -2.20. The van der Waals surface area contributed by atoms with Gasteiger partial charge in [0.15, 0.2) is 0 Å². The van der Waals surface area contributed by atoms with Crippen molar-refractivity contribution in [2.75, 3.05) is 7.11 Å². The van der Waals surface area contributed by atoms with Crippen molar-refractivity contribution in [3.05, 3.63) is 24.0 Å². The Morgan fingerprint density at radius 3 is 2.65 bits per heavy atom. The van der Waals surface area contributed by atoms with Crippen LogP contribution in [0.25, 0.3) is 11.0 Å². The standard InChI is InChI=1S/C16H23ClN2O/c1-5-8-12(6-2)19-13-9-7-10-14(20-4)15(13)18-16(19)11(3)17/h7,9-12H,5-6,8H2,1-4H3. The van der Waals surface area contributed by atoms with E-state index in [0.717, 1.165) is 41.9 Å². The van der Waals surface area contributed by atoms with Gasteiger partial charge in [-0.15, -0.1) is 11.6 Å². The van der Waals surface area contributed by atoms with Crippen LogP contribution >= 0.6 is 11.6 Å². The minimum absolute atomic E-state index is 0.113. The van der Waals surface area contributed by atoms with Crippen molar-refractivity contribution in [3.8, 4) is 5.75 Å². The minimum atomic E-state index is -0.113. The highest BCUT2D eigenvalue weighted by Crippen LogP contribution is 2.34. The van der Waals surface area contributed by atoms with E-state index in [1.807, 2.05) is 19.1 Å². The highest BCUT2D eigenvalue weighted by molar-refractivity contribution is 6.20.